The van der Waals surface area contributed by atoms with Gasteiger partial charge < -0.3 is 23.6 Å². The van der Waals surface area contributed by atoms with Crippen LogP contribution in [0.4, 0.5) is 5.69 Å². The molecule has 30 heavy (non-hydrogen) atoms. The molecule has 4 aromatic rings. The highest BCUT2D eigenvalue weighted by atomic mass is 16.7. The minimum Gasteiger partial charge on any atom is -0.463 e. The van der Waals surface area contributed by atoms with E-state index in [-0.39, 0.29) is 19.1 Å². The second-order valence-electron chi connectivity index (χ2n) is 7.48. The number of anilines is 1. The molecule has 5 rings (SSSR count). The van der Waals surface area contributed by atoms with Gasteiger partial charge in [0, 0.05) is 17.1 Å². The first-order valence-electron chi connectivity index (χ1n) is 9.55. The molecule has 0 radical (unpaired) electrons. The van der Waals surface area contributed by atoms with Gasteiger partial charge in [-0.2, -0.15) is 0 Å². The molecule has 0 bridgehead atoms. The Morgan fingerprint density at radius 1 is 1.03 bits per heavy atom. The predicted octanol–water partition coefficient (Wildman–Crippen LogP) is 4.37. The van der Waals surface area contributed by atoms with Gasteiger partial charge in [0.1, 0.15) is 11.2 Å². The SMILES string of the molecule is Cc1coc2c1c(C)cc1oc(=O)c(CC(=O)Nc3ccc4c(c3)OCO4)c(C)c12. The Labute approximate surface area is 171 Å². The summed E-state index contributed by atoms with van der Waals surface area (Å²) in [6.07, 6.45) is 1.57. The third-order valence-electron chi connectivity index (χ3n) is 5.46. The van der Waals surface area contributed by atoms with Gasteiger partial charge in [-0.25, -0.2) is 4.79 Å². The number of hydrogen-bond donors (Lipinski definition) is 1. The minimum absolute atomic E-state index is 0.117. The molecule has 0 saturated heterocycles. The van der Waals surface area contributed by atoms with Crippen LogP contribution in [0.5, 0.6) is 11.5 Å². The van der Waals surface area contributed by atoms with Crippen molar-refractivity contribution in [3.63, 3.8) is 0 Å². The molecule has 0 fully saturated rings. The van der Waals surface area contributed by atoms with Gasteiger partial charge >= 0.3 is 5.63 Å². The average Bonchev–Trinajstić information content (AvgIpc) is 3.31. The van der Waals surface area contributed by atoms with Crippen LogP contribution in [0.3, 0.4) is 0 Å². The maximum Gasteiger partial charge on any atom is 0.340 e. The van der Waals surface area contributed by atoms with Crippen molar-refractivity contribution >= 4 is 33.5 Å². The highest BCUT2D eigenvalue weighted by Gasteiger charge is 2.20. The van der Waals surface area contributed by atoms with Crippen LogP contribution >= 0.6 is 0 Å². The van der Waals surface area contributed by atoms with Crippen molar-refractivity contribution in [1.82, 2.24) is 0 Å². The number of nitrogens with one attached hydrogen (secondary N) is 1. The number of aryl methyl sites for hydroxylation is 3. The summed E-state index contributed by atoms with van der Waals surface area (Å²) in [5.41, 5.74) is 4.13. The number of carbonyl (C=O) groups is 1. The minimum atomic E-state index is -0.525. The van der Waals surface area contributed by atoms with Crippen molar-refractivity contribution in [3.05, 3.63) is 63.2 Å². The van der Waals surface area contributed by atoms with E-state index in [0.29, 0.717) is 44.9 Å². The first-order valence-corrected chi connectivity index (χ1v) is 9.55. The van der Waals surface area contributed by atoms with E-state index in [9.17, 15) is 9.59 Å². The molecule has 0 unspecified atom stereocenters. The average molecular weight is 405 g/mol. The van der Waals surface area contributed by atoms with E-state index in [2.05, 4.69) is 5.32 Å². The number of hydrogen-bond acceptors (Lipinski definition) is 6. The van der Waals surface area contributed by atoms with Gasteiger partial charge in [-0.15, -0.1) is 0 Å². The molecular weight excluding hydrogens is 386 g/mol. The second-order valence-corrected chi connectivity index (χ2v) is 7.48. The van der Waals surface area contributed by atoms with Gasteiger partial charge in [0.2, 0.25) is 12.7 Å². The van der Waals surface area contributed by atoms with Crippen LogP contribution in [0.1, 0.15) is 22.3 Å². The van der Waals surface area contributed by atoms with Crippen molar-refractivity contribution < 1.29 is 23.1 Å². The second kappa shape index (κ2) is 6.66. The Morgan fingerprint density at radius 3 is 2.67 bits per heavy atom. The standard InChI is InChI=1S/C23H19NO6/c1-11-6-18-21(22-20(11)12(2)9-27-22)13(3)15(23(26)30-18)8-19(25)24-14-4-5-16-17(7-14)29-10-28-16/h4-7,9H,8,10H2,1-3H3,(H,24,25). The fourth-order valence-corrected chi connectivity index (χ4v) is 4.02. The van der Waals surface area contributed by atoms with Crippen LogP contribution in [0, 0.1) is 20.8 Å². The van der Waals surface area contributed by atoms with Crippen molar-refractivity contribution in [2.75, 3.05) is 12.1 Å². The number of amides is 1. The molecule has 2 aromatic heterocycles. The van der Waals surface area contributed by atoms with Crippen LogP contribution in [0.2, 0.25) is 0 Å². The zero-order valence-corrected chi connectivity index (χ0v) is 16.8. The molecule has 0 aliphatic carbocycles. The fourth-order valence-electron chi connectivity index (χ4n) is 4.02. The summed E-state index contributed by atoms with van der Waals surface area (Å²) in [4.78, 5) is 25.3. The molecule has 0 spiro atoms. The molecule has 1 aliphatic rings. The van der Waals surface area contributed by atoms with Gasteiger partial charge in [0.15, 0.2) is 11.5 Å². The lowest BCUT2D eigenvalue weighted by atomic mass is 9.98. The van der Waals surface area contributed by atoms with E-state index >= 15 is 0 Å². The quantitative estimate of drug-likeness (QED) is 0.509. The van der Waals surface area contributed by atoms with Gasteiger partial charge in [-0.1, -0.05) is 0 Å². The van der Waals surface area contributed by atoms with Crippen molar-refractivity contribution in [2.45, 2.75) is 27.2 Å². The third-order valence-corrected chi connectivity index (χ3v) is 5.46. The van der Waals surface area contributed by atoms with Crippen LogP contribution in [0.15, 0.2) is 44.2 Å². The molecule has 0 saturated carbocycles. The van der Waals surface area contributed by atoms with Gasteiger partial charge in [0.25, 0.3) is 0 Å². The number of ether oxygens (including phenoxy) is 2. The van der Waals surface area contributed by atoms with Gasteiger partial charge in [-0.05, 0) is 55.7 Å². The highest BCUT2D eigenvalue weighted by Crippen LogP contribution is 2.35. The predicted molar refractivity (Wildman–Crippen MR) is 111 cm³/mol. The summed E-state index contributed by atoms with van der Waals surface area (Å²) < 4.78 is 21.9. The lowest BCUT2D eigenvalue weighted by molar-refractivity contribution is -0.115. The summed E-state index contributed by atoms with van der Waals surface area (Å²) in [5.74, 6) is 0.870. The lowest BCUT2D eigenvalue weighted by Crippen LogP contribution is -2.20. The normalized spacial score (nSPS) is 12.6. The Kier molecular flexibility index (Phi) is 4.06. The first kappa shape index (κ1) is 18.3. The lowest BCUT2D eigenvalue weighted by Gasteiger charge is -2.10. The summed E-state index contributed by atoms with van der Waals surface area (Å²) in [6.45, 7) is 5.89. The van der Waals surface area contributed by atoms with Crippen LogP contribution < -0.4 is 20.4 Å². The van der Waals surface area contributed by atoms with E-state index in [1.165, 1.54) is 0 Å². The summed E-state index contributed by atoms with van der Waals surface area (Å²) >= 11 is 0. The first-order chi connectivity index (χ1) is 14.4. The molecule has 1 aliphatic heterocycles. The van der Waals surface area contributed by atoms with E-state index in [1.807, 2.05) is 26.8 Å². The number of benzene rings is 2. The monoisotopic (exact) mass is 405 g/mol. The van der Waals surface area contributed by atoms with E-state index in [0.717, 1.165) is 16.5 Å². The van der Waals surface area contributed by atoms with Crippen LogP contribution in [-0.2, 0) is 11.2 Å². The van der Waals surface area contributed by atoms with Crippen molar-refractivity contribution in [2.24, 2.45) is 0 Å². The van der Waals surface area contributed by atoms with Gasteiger partial charge in [0.05, 0.1) is 23.6 Å². The molecule has 0 atom stereocenters. The van der Waals surface area contributed by atoms with Crippen molar-refractivity contribution in [1.29, 1.82) is 0 Å². The largest absolute Gasteiger partial charge is 0.463 e. The summed E-state index contributed by atoms with van der Waals surface area (Å²) in [5, 5.41) is 4.51. The fraction of sp³-hybridized carbons (Fsp3) is 0.217. The van der Waals surface area contributed by atoms with E-state index in [4.69, 9.17) is 18.3 Å². The summed E-state index contributed by atoms with van der Waals surface area (Å²) in [7, 11) is 0. The molecule has 7 heteroatoms. The smallest absolute Gasteiger partial charge is 0.340 e. The highest BCUT2D eigenvalue weighted by molar-refractivity contribution is 6.07. The number of fused-ring (bicyclic) bond motifs is 4. The van der Waals surface area contributed by atoms with E-state index in [1.54, 1.807) is 24.5 Å². The third kappa shape index (κ3) is 2.82. The summed E-state index contributed by atoms with van der Waals surface area (Å²) in [6, 6.07) is 6.98. The number of carbonyl (C=O) groups excluding carboxylic acids is 1. The Hall–Kier alpha value is -3.74. The molecule has 3 heterocycles. The van der Waals surface area contributed by atoms with Crippen LogP contribution in [-0.4, -0.2) is 12.7 Å². The zero-order valence-electron chi connectivity index (χ0n) is 16.8. The topological polar surface area (TPSA) is 90.9 Å². The zero-order chi connectivity index (χ0) is 21.0. The number of rotatable bonds is 3. The van der Waals surface area contributed by atoms with Crippen molar-refractivity contribution in [3.8, 4) is 11.5 Å². The molecule has 7 nitrogen and oxygen atoms in total. The maximum atomic E-state index is 12.7. The molecule has 1 N–H and O–H groups in total. The van der Waals surface area contributed by atoms with Crippen LogP contribution in [0.25, 0.3) is 21.9 Å². The maximum absolute atomic E-state index is 12.7. The van der Waals surface area contributed by atoms with Gasteiger partial charge in [-0.3, -0.25) is 4.79 Å². The van der Waals surface area contributed by atoms with E-state index < -0.39 is 5.63 Å². The molecule has 1 amide bonds. The molecule has 2 aromatic carbocycles. The Balaban J connectivity index is 1.52. The molecular formula is C23H19NO6. The number of furan rings is 1. The Morgan fingerprint density at radius 2 is 1.83 bits per heavy atom. The Bertz CT molecular complexity index is 1390. The molecule has 152 valence electrons.